The van der Waals surface area contributed by atoms with Crippen LogP contribution < -0.4 is 11.1 Å². The van der Waals surface area contributed by atoms with E-state index < -0.39 is 0 Å². The van der Waals surface area contributed by atoms with Crippen LogP contribution in [0.3, 0.4) is 0 Å². The topological polar surface area (TPSA) is 64.3 Å². The summed E-state index contributed by atoms with van der Waals surface area (Å²) in [6, 6.07) is 0. The Kier molecular flexibility index (Phi) is 3.22. The normalized spacial score (nSPS) is 39.4. The molecule has 1 spiro atoms. The highest BCUT2D eigenvalue weighted by Crippen LogP contribution is 2.44. The second-order valence-corrected chi connectivity index (χ2v) is 5.56. The number of ether oxygens (including phenoxy) is 1. The third kappa shape index (κ3) is 1.96. The zero-order chi connectivity index (χ0) is 11.8. The minimum Gasteiger partial charge on any atom is -0.378 e. The molecule has 0 aromatic carbocycles. The molecule has 0 aromatic rings. The summed E-state index contributed by atoms with van der Waals surface area (Å²) in [5, 5.41) is 3.32. The number of carbonyl (C=O) groups excluding carboxylic acids is 1. The van der Waals surface area contributed by atoms with Gasteiger partial charge >= 0.3 is 0 Å². The third-order valence-electron chi connectivity index (χ3n) is 4.19. The zero-order valence-corrected chi connectivity index (χ0v) is 10.2. The molecule has 0 bridgehead atoms. The van der Waals surface area contributed by atoms with Crippen LogP contribution in [0.5, 0.6) is 0 Å². The second-order valence-electron chi connectivity index (χ2n) is 5.56. The van der Waals surface area contributed by atoms with Crippen LogP contribution in [0, 0.1) is 17.3 Å². The second kappa shape index (κ2) is 4.34. The summed E-state index contributed by atoms with van der Waals surface area (Å²) >= 11 is 0. The molecule has 0 saturated carbocycles. The molecule has 92 valence electrons. The molecule has 0 aliphatic carbocycles. The standard InChI is InChI=1S/C12H22N2O2/c1-8(2)10-5-12(3-4-16-10)7-14-6-9(12)11(13)15/h8-10,14H,3-7H2,1-2H3,(H2,13,15). The summed E-state index contributed by atoms with van der Waals surface area (Å²) in [6.45, 7) is 6.75. The Morgan fingerprint density at radius 1 is 1.56 bits per heavy atom. The number of hydrogen-bond acceptors (Lipinski definition) is 3. The van der Waals surface area contributed by atoms with Crippen LogP contribution in [0.4, 0.5) is 0 Å². The van der Waals surface area contributed by atoms with Gasteiger partial charge in [0.1, 0.15) is 0 Å². The van der Waals surface area contributed by atoms with E-state index in [0.29, 0.717) is 5.92 Å². The van der Waals surface area contributed by atoms with Gasteiger partial charge in [-0.25, -0.2) is 0 Å². The van der Waals surface area contributed by atoms with Crippen molar-refractivity contribution in [3.63, 3.8) is 0 Å². The van der Waals surface area contributed by atoms with Crippen molar-refractivity contribution in [1.29, 1.82) is 0 Å². The predicted octanol–water partition coefficient (Wildman–Crippen LogP) is 0.513. The van der Waals surface area contributed by atoms with Crippen LogP contribution >= 0.6 is 0 Å². The highest BCUT2D eigenvalue weighted by molar-refractivity contribution is 5.78. The van der Waals surface area contributed by atoms with E-state index in [-0.39, 0.29) is 23.3 Å². The van der Waals surface area contributed by atoms with Crippen molar-refractivity contribution >= 4 is 5.91 Å². The number of rotatable bonds is 2. The Morgan fingerprint density at radius 2 is 2.31 bits per heavy atom. The van der Waals surface area contributed by atoms with Crippen molar-refractivity contribution in [1.82, 2.24) is 5.32 Å². The first-order valence-electron chi connectivity index (χ1n) is 6.17. The van der Waals surface area contributed by atoms with E-state index in [0.717, 1.165) is 32.5 Å². The summed E-state index contributed by atoms with van der Waals surface area (Å²) in [7, 11) is 0. The van der Waals surface area contributed by atoms with E-state index in [1.54, 1.807) is 0 Å². The van der Waals surface area contributed by atoms with Crippen LogP contribution in [0.15, 0.2) is 0 Å². The molecule has 2 saturated heterocycles. The molecule has 3 atom stereocenters. The van der Waals surface area contributed by atoms with Gasteiger partial charge in [-0.15, -0.1) is 0 Å². The number of hydrogen-bond donors (Lipinski definition) is 2. The van der Waals surface area contributed by atoms with Crippen LogP contribution in [0.25, 0.3) is 0 Å². The van der Waals surface area contributed by atoms with Gasteiger partial charge in [-0.05, 0) is 18.8 Å². The van der Waals surface area contributed by atoms with Gasteiger partial charge in [0.2, 0.25) is 5.91 Å². The van der Waals surface area contributed by atoms with Crippen molar-refractivity contribution in [2.24, 2.45) is 23.0 Å². The first kappa shape index (κ1) is 11.9. The first-order valence-corrected chi connectivity index (χ1v) is 6.17. The lowest BCUT2D eigenvalue weighted by molar-refractivity contribution is -0.130. The number of nitrogens with two attached hydrogens (primary N) is 1. The van der Waals surface area contributed by atoms with Gasteiger partial charge in [0.05, 0.1) is 12.0 Å². The maximum absolute atomic E-state index is 11.5. The number of amides is 1. The fourth-order valence-electron chi connectivity index (χ4n) is 3.09. The molecule has 0 aromatic heterocycles. The van der Waals surface area contributed by atoms with E-state index in [1.165, 1.54) is 0 Å². The van der Waals surface area contributed by atoms with E-state index in [9.17, 15) is 4.79 Å². The molecule has 1 amide bonds. The molecule has 0 radical (unpaired) electrons. The predicted molar refractivity (Wildman–Crippen MR) is 61.8 cm³/mol. The van der Waals surface area contributed by atoms with Gasteiger partial charge in [-0.3, -0.25) is 4.79 Å². The Balaban J connectivity index is 2.14. The first-order chi connectivity index (χ1) is 7.55. The molecule has 2 aliphatic heterocycles. The lowest BCUT2D eigenvalue weighted by Gasteiger charge is -2.42. The van der Waals surface area contributed by atoms with Crippen molar-refractivity contribution in [3.8, 4) is 0 Å². The summed E-state index contributed by atoms with van der Waals surface area (Å²) < 4.78 is 5.77. The molecule has 3 unspecified atom stereocenters. The SMILES string of the molecule is CC(C)C1CC2(CCO1)CNCC2C(N)=O. The van der Waals surface area contributed by atoms with Crippen molar-refractivity contribution in [2.75, 3.05) is 19.7 Å². The average Bonchev–Trinajstić information content (AvgIpc) is 2.61. The van der Waals surface area contributed by atoms with Crippen LogP contribution in [0.2, 0.25) is 0 Å². The summed E-state index contributed by atoms with van der Waals surface area (Å²) in [6.07, 6.45) is 2.19. The lowest BCUT2D eigenvalue weighted by atomic mass is 9.69. The van der Waals surface area contributed by atoms with E-state index >= 15 is 0 Å². The maximum Gasteiger partial charge on any atom is 0.222 e. The zero-order valence-electron chi connectivity index (χ0n) is 10.2. The minimum absolute atomic E-state index is 0.0161. The fourth-order valence-corrected chi connectivity index (χ4v) is 3.09. The number of primary amides is 1. The van der Waals surface area contributed by atoms with Gasteiger partial charge in [-0.2, -0.15) is 0 Å². The smallest absolute Gasteiger partial charge is 0.222 e. The van der Waals surface area contributed by atoms with E-state index in [2.05, 4.69) is 19.2 Å². The molecule has 2 rings (SSSR count). The lowest BCUT2D eigenvalue weighted by Crippen LogP contribution is -2.46. The Bertz CT molecular complexity index is 280. The Hall–Kier alpha value is -0.610. The van der Waals surface area contributed by atoms with Crippen molar-refractivity contribution < 1.29 is 9.53 Å². The molecule has 2 heterocycles. The average molecular weight is 226 g/mol. The van der Waals surface area contributed by atoms with E-state index in [1.807, 2.05) is 0 Å². The van der Waals surface area contributed by atoms with Crippen LogP contribution in [0.1, 0.15) is 26.7 Å². The largest absolute Gasteiger partial charge is 0.378 e. The molecular formula is C12H22N2O2. The highest BCUT2D eigenvalue weighted by atomic mass is 16.5. The van der Waals surface area contributed by atoms with Gasteiger partial charge in [-0.1, -0.05) is 13.8 Å². The van der Waals surface area contributed by atoms with Crippen molar-refractivity contribution in [3.05, 3.63) is 0 Å². The van der Waals surface area contributed by atoms with Gasteiger partial charge < -0.3 is 15.8 Å². The Labute approximate surface area is 96.9 Å². The van der Waals surface area contributed by atoms with Gasteiger partial charge in [0.25, 0.3) is 0 Å². The molecule has 2 fully saturated rings. The quantitative estimate of drug-likeness (QED) is 0.721. The highest BCUT2D eigenvalue weighted by Gasteiger charge is 2.49. The maximum atomic E-state index is 11.5. The third-order valence-corrected chi connectivity index (χ3v) is 4.19. The number of carbonyl (C=O) groups is 1. The molecular weight excluding hydrogens is 204 g/mol. The van der Waals surface area contributed by atoms with Gasteiger partial charge in [0.15, 0.2) is 0 Å². The molecule has 2 aliphatic rings. The van der Waals surface area contributed by atoms with Crippen LogP contribution in [-0.4, -0.2) is 31.7 Å². The van der Waals surface area contributed by atoms with E-state index in [4.69, 9.17) is 10.5 Å². The summed E-state index contributed by atoms with van der Waals surface area (Å²) in [4.78, 5) is 11.5. The molecule has 16 heavy (non-hydrogen) atoms. The monoisotopic (exact) mass is 226 g/mol. The van der Waals surface area contributed by atoms with Crippen molar-refractivity contribution in [2.45, 2.75) is 32.8 Å². The molecule has 4 nitrogen and oxygen atoms in total. The summed E-state index contributed by atoms with van der Waals surface area (Å²) in [5.74, 6) is 0.332. The van der Waals surface area contributed by atoms with Crippen LogP contribution in [-0.2, 0) is 9.53 Å². The summed E-state index contributed by atoms with van der Waals surface area (Å²) in [5.41, 5.74) is 5.56. The molecule has 3 N–H and O–H groups in total. The fraction of sp³-hybridized carbons (Fsp3) is 0.917. The number of nitrogens with one attached hydrogen (secondary N) is 1. The minimum atomic E-state index is -0.158. The Morgan fingerprint density at radius 3 is 2.94 bits per heavy atom. The molecule has 4 heteroatoms. The van der Waals surface area contributed by atoms with Gasteiger partial charge in [0, 0.05) is 25.1 Å².